The number of carbonyl (C=O) groups is 1. The highest BCUT2D eigenvalue weighted by atomic mass is 19.3. The van der Waals surface area contributed by atoms with E-state index in [-0.39, 0.29) is 11.4 Å². The second kappa shape index (κ2) is 4.84. The predicted molar refractivity (Wildman–Crippen MR) is 51.7 cm³/mol. The lowest BCUT2D eigenvalue weighted by Gasteiger charge is -2.14. The highest BCUT2D eigenvalue weighted by Gasteiger charge is 2.27. The molecule has 0 aliphatic heterocycles. The lowest BCUT2D eigenvalue weighted by Crippen LogP contribution is -2.31. The Morgan fingerprint density at radius 1 is 1.50 bits per heavy atom. The van der Waals surface area contributed by atoms with Crippen molar-refractivity contribution >= 4 is 11.8 Å². The van der Waals surface area contributed by atoms with Crippen LogP contribution < -0.4 is 5.32 Å². The summed E-state index contributed by atoms with van der Waals surface area (Å²) in [5.41, 5.74) is -0.0283. The van der Waals surface area contributed by atoms with E-state index < -0.39 is 25.0 Å². The number of nitrogens with zero attached hydrogens (tertiary/aromatic N) is 1. The maximum Gasteiger partial charge on any atom is 0.337 e. The zero-order valence-corrected chi connectivity index (χ0v) is 8.15. The average Bonchev–Trinajstić information content (AvgIpc) is 2.27. The van der Waals surface area contributed by atoms with Crippen molar-refractivity contribution in [1.29, 1.82) is 0 Å². The zero-order valence-electron chi connectivity index (χ0n) is 8.15. The van der Waals surface area contributed by atoms with Crippen LogP contribution in [0, 0.1) is 0 Å². The molecule has 0 bridgehead atoms. The van der Waals surface area contributed by atoms with Crippen molar-refractivity contribution < 1.29 is 23.8 Å². The molecule has 1 aromatic rings. The Labute approximate surface area is 89.7 Å². The molecule has 0 saturated heterocycles. The molecular weight excluding hydrogens is 222 g/mol. The number of carboxylic acids is 1. The number of carboxylic acid groups (broad SMARTS) is 1. The molecule has 0 fully saturated rings. The molecule has 1 heterocycles. The Balaban J connectivity index is 2.59. The zero-order chi connectivity index (χ0) is 12.2. The minimum absolute atomic E-state index is 0.0283. The summed E-state index contributed by atoms with van der Waals surface area (Å²) >= 11 is 0. The number of pyridine rings is 1. The van der Waals surface area contributed by atoms with Crippen molar-refractivity contribution in [2.24, 2.45) is 0 Å². The van der Waals surface area contributed by atoms with E-state index in [0.29, 0.717) is 0 Å². The van der Waals surface area contributed by atoms with Gasteiger partial charge < -0.3 is 15.5 Å². The molecule has 3 N–H and O–H groups in total. The van der Waals surface area contributed by atoms with Crippen LogP contribution in [0.1, 0.15) is 10.4 Å². The summed E-state index contributed by atoms with van der Waals surface area (Å²) in [5, 5.41) is 19.1. The molecule has 1 rings (SSSR count). The van der Waals surface area contributed by atoms with Crippen molar-refractivity contribution in [2.45, 2.75) is 5.92 Å². The molecule has 0 aliphatic carbocycles. The van der Waals surface area contributed by atoms with Gasteiger partial charge in [-0.05, 0) is 12.1 Å². The van der Waals surface area contributed by atoms with Crippen LogP contribution >= 0.6 is 0 Å². The molecule has 5 nitrogen and oxygen atoms in total. The molecule has 0 atom stereocenters. The Kier molecular flexibility index (Phi) is 3.73. The Hall–Kier alpha value is -1.76. The fraction of sp³-hybridized carbons (Fsp3) is 0.333. The molecule has 0 radical (unpaired) electrons. The van der Waals surface area contributed by atoms with Gasteiger partial charge in [0.25, 0.3) is 5.92 Å². The Morgan fingerprint density at radius 3 is 2.62 bits per heavy atom. The number of hydrogen-bond acceptors (Lipinski definition) is 4. The van der Waals surface area contributed by atoms with Gasteiger partial charge in [0.15, 0.2) is 0 Å². The van der Waals surface area contributed by atoms with Crippen LogP contribution in [-0.2, 0) is 0 Å². The third kappa shape index (κ3) is 3.43. The maximum absolute atomic E-state index is 12.6. The van der Waals surface area contributed by atoms with Crippen molar-refractivity contribution in [3.8, 4) is 0 Å². The molecule has 88 valence electrons. The van der Waals surface area contributed by atoms with Crippen LogP contribution in [0.25, 0.3) is 0 Å². The molecule has 0 aliphatic rings. The number of hydrogen-bond donors (Lipinski definition) is 3. The first kappa shape index (κ1) is 12.3. The van der Waals surface area contributed by atoms with Crippen LogP contribution in [-0.4, -0.2) is 40.2 Å². The number of aromatic nitrogens is 1. The lowest BCUT2D eigenvalue weighted by molar-refractivity contribution is -0.0373. The first-order valence-corrected chi connectivity index (χ1v) is 4.36. The summed E-state index contributed by atoms with van der Waals surface area (Å²) < 4.78 is 25.2. The van der Waals surface area contributed by atoms with E-state index in [9.17, 15) is 13.6 Å². The van der Waals surface area contributed by atoms with Crippen LogP contribution in [0.15, 0.2) is 18.3 Å². The van der Waals surface area contributed by atoms with Crippen molar-refractivity contribution in [3.63, 3.8) is 0 Å². The number of aromatic carboxylic acids is 1. The van der Waals surface area contributed by atoms with Gasteiger partial charge in [-0.15, -0.1) is 0 Å². The third-order valence-electron chi connectivity index (χ3n) is 1.77. The van der Waals surface area contributed by atoms with E-state index in [2.05, 4.69) is 10.3 Å². The first-order valence-electron chi connectivity index (χ1n) is 4.36. The monoisotopic (exact) mass is 232 g/mol. The molecule has 0 saturated carbocycles. The van der Waals surface area contributed by atoms with Crippen LogP contribution in [0.2, 0.25) is 0 Å². The van der Waals surface area contributed by atoms with Crippen molar-refractivity contribution in [1.82, 2.24) is 4.98 Å². The minimum atomic E-state index is -3.23. The second-order valence-corrected chi connectivity index (χ2v) is 3.10. The standard InChI is InChI=1S/C9H10F2N2O3/c10-9(11,5-14)4-13-7-2-1-6(3-12-7)8(15)16/h1-3,14H,4-5H2,(H,12,13)(H,15,16). The number of aliphatic hydroxyl groups is 1. The topological polar surface area (TPSA) is 82.5 Å². The van der Waals surface area contributed by atoms with E-state index in [1.54, 1.807) is 0 Å². The summed E-state index contributed by atoms with van der Waals surface area (Å²) in [6.45, 7) is -2.02. The quantitative estimate of drug-likeness (QED) is 0.700. The highest BCUT2D eigenvalue weighted by Crippen LogP contribution is 2.13. The normalized spacial score (nSPS) is 11.2. The second-order valence-electron chi connectivity index (χ2n) is 3.10. The SMILES string of the molecule is O=C(O)c1ccc(NCC(F)(F)CO)nc1. The highest BCUT2D eigenvalue weighted by molar-refractivity contribution is 5.87. The van der Waals surface area contributed by atoms with E-state index in [0.717, 1.165) is 6.20 Å². The summed E-state index contributed by atoms with van der Waals surface area (Å²) in [4.78, 5) is 14.1. The van der Waals surface area contributed by atoms with Gasteiger partial charge in [0.1, 0.15) is 12.4 Å². The van der Waals surface area contributed by atoms with Gasteiger partial charge >= 0.3 is 5.97 Å². The molecule has 16 heavy (non-hydrogen) atoms. The Bertz CT molecular complexity index is 368. The molecule has 0 aromatic carbocycles. The van der Waals surface area contributed by atoms with Gasteiger partial charge in [0, 0.05) is 6.20 Å². The largest absolute Gasteiger partial charge is 0.478 e. The van der Waals surface area contributed by atoms with E-state index in [1.807, 2.05) is 0 Å². The van der Waals surface area contributed by atoms with Gasteiger partial charge in [-0.2, -0.15) is 0 Å². The van der Waals surface area contributed by atoms with E-state index >= 15 is 0 Å². The third-order valence-corrected chi connectivity index (χ3v) is 1.77. The van der Waals surface area contributed by atoms with Crippen LogP contribution in [0.3, 0.4) is 0 Å². The lowest BCUT2D eigenvalue weighted by atomic mass is 10.3. The average molecular weight is 232 g/mol. The number of anilines is 1. The van der Waals surface area contributed by atoms with Crippen molar-refractivity contribution in [2.75, 3.05) is 18.5 Å². The summed E-state index contributed by atoms with van der Waals surface area (Å²) in [5.74, 6) is -4.24. The predicted octanol–water partition coefficient (Wildman–Crippen LogP) is 0.819. The van der Waals surface area contributed by atoms with Crippen molar-refractivity contribution in [3.05, 3.63) is 23.9 Å². The molecule has 1 aromatic heterocycles. The number of halogens is 2. The first-order chi connectivity index (χ1) is 7.44. The fourth-order valence-electron chi connectivity index (χ4n) is 0.901. The number of alkyl halides is 2. The summed E-state index contributed by atoms with van der Waals surface area (Å²) in [6.07, 6.45) is 1.06. The summed E-state index contributed by atoms with van der Waals surface area (Å²) in [6, 6.07) is 2.52. The van der Waals surface area contributed by atoms with Gasteiger partial charge in [0.2, 0.25) is 0 Å². The number of aliphatic hydroxyl groups excluding tert-OH is 1. The van der Waals surface area contributed by atoms with E-state index in [1.165, 1.54) is 12.1 Å². The van der Waals surface area contributed by atoms with Gasteiger partial charge in [-0.3, -0.25) is 0 Å². The molecule has 0 spiro atoms. The molecule has 0 unspecified atom stereocenters. The van der Waals surface area contributed by atoms with Crippen LogP contribution in [0.4, 0.5) is 14.6 Å². The van der Waals surface area contributed by atoms with Crippen LogP contribution in [0.5, 0.6) is 0 Å². The van der Waals surface area contributed by atoms with E-state index in [4.69, 9.17) is 10.2 Å². The molecule has 0 amide bonds. The van der Waals surface area contributed by atoms with Gasteiger partial charge in [-0.1, -0.05) is 0 Å². The summed E-state index contributed by atoms with van der Waals surface area (Å²) in [7, 11) is 0. The minimum Gasteiger partial charge on any atom is -0.478 e. The fourth-order valence-corrected chi connectivity index (χ4v) is 0.901. The number of nitrogens with one attached hydrogen (secondary N) is 1. The maximum atomic E-state index is 12.6. The van der Waals surface area contributed by atoms with Gasteiger partial charge in [0.05, 0.1) is 12.1 Å². The Morgan fingerprint density at radius 2 is 2.19 bits per heavy atom. The molecule has 7 heteroatoms. The number of rotatable bonds is 5. The van der Waals surface area contributed by atoms with Gasteiger partial charge in [-0.25, -0.2) is 18.6 Å². The molecular formula is C9H10F2N2O3. The smallest absolute Gasteiger partial charge is 0.337 e.